The van der Waals surface area contributed by atoms with E-state index in [9.17, 15) is 22.5 Å². The van der Waals surface area contributed by atoms with Crippen molar-refractivity contribution in [2.75, 3.05) is 19.4 Å². The Bertz CT molecular complexity index is 264. The molecule has 0 bridgehead atoms. The lowest BCUT2D eigenvalue weighted by molar-refractivity contribution is -0.184. The highest BCUT2D eigenvalue weighted by molar-refractivity contribution is 7.53. The van der Waals surface area contributed by atoms with Crippen molar-refractivity contribution in [1.29, 1.82) is 0 Å². The van der Waals surface area contributed by atoms with Crippen LogP contribution in [0, 0.1) is 0 Å². The molecule has 0 saturated carbocycles. The average molecular weight is 250 g/mol. The van der Waals surface area contributed by atoms with Gasteiger partial charge in [-0.25, -0.2) is 0 Å². The van der Waals surface area contributed by atoms with E-state index in [1.807, 2.05) is 0 Å². The molecule has 0 spiro atoms. The molecule has 1 unspecified atom stereocenters. The van der Waals surface area contributed by atoms with Gasteiger partial charge >= 0.3 is 19.7 Å². The van der Waals surface area contributed by atoms with Gasteiger partial charge in [-0.15, -0.1) is 0 Å². The number of hydrogen-bond acceptors (Lipinski definition) is 4. The van der Waals surface area contributed by atoms with Crippen LogP contribution >= 0.6 is 7.60 Å². The summed E-state index contributed by atoms with van der Waals surface area (Å²) < 4.78 is 53.5. The fourth-order valence-electron chi connectivity index (χ4n) is 0.618. The van der Waals surface area contributed by atoms with Crippen molar-refractivity contribution in [3.63, 3.8) is 0 Å². The van der Waals surface area contributed by atoms with Gasteiger partial charge in [0.1, 0.15) is 6.16 Å². The number of carbonyl (C=O) groups is 1. The third-order valence-electron chi connectivity index (χ3n) is 1.06. The van der Waals surface area contributed by atoms with Crippen molar-refractivity contribution >= 4 is 13.6 Å². The highest BCUT2D eigenvalue weighted by atomic mass is 31.2. The van der Waals surface area contributed by atoms with Crippen molar-refractivity contribution < 1.29 is 36.7 Å². The van der Waals surface area contributed by atoms with Crippen molar-refractivity contribution in [1.82, 2.24) is 0 Å². The van der Waals surface area contributed by atoms with Gasteiger partial charge in [0, 0.05) is 0 Å². The van der Waals surface area contributed by atoms with Gasteiger partial charge in [0.25, 0.3) is 0 Å². The van der Waals surface area contributed by atoms with Gasteiger partial charge in [0.2, 0.25) is 0 Å². The van der Waals surface area contributed by atoms with Gasteiger partial charge < -0.3 is 14.2 Å². The zero-order valence-corrected chi connectivity index (χ0v) is 8.68. The van der Waals surface area contributed by atoms with Crippen LogP contribution in [0.3, 0.4) is 0 Å². The molecular formula is C6H10F3O5P. The Morgan fingerprint density at radius 2 is 2.00 bits per heavy atom. The predicted octanol–water partition coefficient (Wildman–Crippen LogP) is 1.31. The minimum absolute atomic E-state index is 0.125. The molecule has 9 heteroatoms. The Kier molecular flexibility index (Phi) is 5.27. The Morgan fingerprint density at radius 3 is 2.40 bits per heavy atom. The molecule has 90 valence electrons. The van der Waals surface area contributed by atoms with E-state index >= 15 is 0 Å². The normalized spacial score (nSPS) is 15.8. The van der Waals surface area contributed by atoms with E-state index in [2.05, 4.69) is 9.26 Å². The van der Waals surface area contributed by atoms with Gasteiger partial charge in [-0.1, -0.05) is 0 Å². The minimum Gasteiger partial charge on any atom is -0.456 e. The number of ether oxygens (including phenoxy) is 1. The average Bonchev–Trinajstić information content (AvgIpc) is 1.98. The maximum atomic E-state index is 11.6. The van der Waals surface area contributed by atoms with Crippen molar-refractivity contribution in [3.05, 3.63) is 0 Å². The van der Waals surface area contributed by atoms with Crippen LogP contribution in [0.15, 0.2) is 0 Å². The van der Waals surface area contributed by atoms with Crippen LogP contribution in [-0.2, 0) is 18.6 Å². The summed E-state index contributed by atoms with van der Waals surface area (Å²) in [5.74, 6) is -1.42. The number of carbonyl (C=O) groups excluding carboxylic acids is 1. The molecule has 1 N–H and O–H groups in total. The summed E-state index contributed by atoms with van der Waals surface area (Å²) in [7, 11) is -4.17. The Labute approximate surface area is 83.7 Å². The van der Waals surface area contributed by atoms with Gasteiger partial charge in [-0.3, -0.25) is 9.36 Å². The molecule has 0 aliphatic heterocycles. The van der Waals surface area contributed by atoms with Crippen molar-refractivity contribution in [3.8, 4) is 0 Å². The van der Waals surface area contributed by atoms with E-state index < -0.39 is 32.5 Å². The first-order valence-electron chi connectivity index (χ1n) is 3.85. The van der Waals surface area contributed by atoms with Crippen LogP contribution in [0.5, 0.6) is 0 Å². The minimum atomic E-state index is -4.65. The third kappa shape index (κ3) is 8.41. The first-order valence-corrected chi connectivity index (χ1v) is 5.61. The molecule has 0 heterocycles. The van der Waals surface area contributed by atoms with E-state index in [1.165, 1.54) is 6.92 Å². The van der Waals surface area contributed by atoms with Gasteiger partial charge in [-0.05, 0) is 6.92 Å². The van der Waals surface area contributed by atoms with Gasteiger partial charge in [0.15, 0.2) is 6.61 Å². The molecule has 0 aromatic carbocycles. The standard InChI is InChI=1S/C6H10F3O5P/c1-2-14-15(11,12)3-5(10)13-4-6(7,8)9/h2-4H2,1H3,(H,11,12). The second-order valence-electron chi connectivity index (χ2n) is 2.49. The van der Waals surface area contributed by atoms with E-state index in [0.717, 1.165) is 0 Å². The van der Waals surface area contributed by atoms with E-state index in [-0.39, 0.29) is 6.61 Å². The summed E-state index contributed by atoms with van der Waals surface area (Å²) >= 11 is 0. The van der Waals surface area contributed by atoms with Crippen LogP contribution in [0.1, 0.15) is 6.92 Å². The molecule has 0 rings (SSSR count). The quantitative estimate of drug-likeness (QED) is 0.588. The molecule has 5 nitrogen and oxygen atoms in total. The number of alkyl halides is 3. The Morgan fingerprint density at radius 1 is 1.47 bits per heavy atom. The first kappa shape index (κ1) is 14.4. The Hall–Kier alpha value is -0.590. The highest BCUT2D eigenvalue weighted by Crippen LogP contribution is 2.41. The SMILES string of the molecule is CCOP(=O)(O)CC(=O)OCC(F)(F)F. The third-order valence-corrected chi connectivity index (χ3v) is 2.38. The molecule has 0 aromatic rings. The largest absolute Gasteiger partial charge is 0.456 e. The fraction of sp³-hybridized carbons (Fsp3) is 0.833. The summed E-state index contributed by atoms with van der Waals surface area (Å²) in [6.45, 7) is -0.498. The Balaban J connectivity index is 3.99. The first-order chi connectivity index (χ1) is 6.66. The smallest absolute Gasteiger partial charge is 0.422 e. The van der Waals surface area contributed by atoms with E-state index in [1.54, 1.807) is 0 Å². The van der Waals surface area contributed by atoms with Gasteiger partial charge in [0.05, 0.1) is 6.61 Å². The summed E-state index contributed by atoms with van der Waals surface area (Å²) in [6.07, 6.45) is -5.74. The molecule has 1 atom stereocenters. The molecule has 0 saturated heterocycles. The number of halogens is 3. The van der Waals surface area contributed by atoms with Crippen LogP contribution in [-0.4, -0.2) is 36.4 Å². The fourth-order valence-corrected chi connectivity index (χ4v) is 1.53. The molecule has 0 radical (unpaired) electrons. The van der Waals surface area contributed by atoms with Crippen LogP contribution in [0.25, 0.3) is 0 Å². The van der Waals surface area contributed by atoms with Crippen LogP contribution in [0.2, 0.25) is 0 Å². The summed E-state index contributed by atoms with van der Waals surface area (Å²) in [5.41, 5.74) is 0. The highest BCUT2D eigenvalue weighted by Gasteiger charge is 2.31. The van der Waals surface area contributed by atoms with Gasteiger partial charge in [-0.2, -0.15) is 13.2 Å². The predicted molar refractivity (Wildman–Crippen MR) is 43.3 cm³/mol. The maximum absolute atomic E-state index is 11.6. The summed E-state index contributed by atoms with van der Waals surface area (Å²) in [4.78, 5) is 19.5. The molecule has 15 heavy (non-hydrogen) atoms. The lowest BCUT2D eigenvalue weighted by atomic mass is 10.7. The topological polar surface area (TPSA) is 72.8 Å². The molecule has 0 aliphatic rings. The molecular weight excluding hydrogens is 240 g/mol. The maximum Gasteiger partial charge on any atom is 0.422 e. The second kappa shape index (κ2) is 5.48. The number of esters is 1. The number of hydrogen-bond donors (Lipinski definition) is 1. The summed E-state index contributed by atoms with van der Waals surface area (Å²) in [5, 5.41) is 0. The van der Waals surface area contributed by atoms with E-state index in [0.29, 0.717) is 0 Å². The lowest BCUT2D eigenvalue weighted by Gasteiger charge is -2.11. The zero-order valence-electron chi connectivity index (χ0n) is 7.78. The lowest BCUT2D eigenvalue weighted by Crippen LogP contribution is -2.22. The van der Waals surface area contributed by atoms with Crippen molar-refractivity contribution in [2.24, 2.45) is 0 Å². The molecule has 0 aromatic heterocycles. The van der Waals surface area contributed by atoms with Crippen LogP contribution < -0.4 is 0 Å². The zero-order chi connectivity index (χ0) is 12.1. The summed E-state index contributed by atoms with van der Waals surface area (Å²) in [6, 6.07) is 0. The molecule has 0 aliphatic carbocycles. The molecule has 0 amide bonds. The van der Waals surface area contributed by atoms with Crippen molar-refractivity contribution in [2.45, 2.75) is 13.1 Å². The molecule has 0 fully saturated rings. The monoisotopic (exact) mass is 250 g/mol. The number of rotatable bonds is 5. The van der Waals surface area contributed by atoms with E-state index in [4.69, 9.17) is 4.89 Å². The second-order valence-corrected chi connectivity index (χ2v) is 4.34. The van der Waals surface area contributed by atoms with Crippen LogP contribution in [0.4, 0.5) is 13.2 Å².